The van der Waals surface area contributed by atoms with E-state index in [1.807, 2.05) is 30.3 Å². The number of benzene rings is 3. The van der Waals surface area contributed by atoms with Crippen LogP contribution in [0.3, 0.4) is 0 Å². The molecule has 0 aliphatic rings. The van der Waals surface area contributed by atoms with E-state index in [0.29, 0.717) is 12.0 Å². The lowest BCUT2D eigenvalue weighted by Crippen LogP contribution is -2.09. The summed E-state index contributed by atoms with van der Waals surface area (Å²) in [7, 11) is 0. The predicted molar refractivity (Wildman–Crippen MR) is 117 cm³/mol. The highest BCUT2D eigenvalue weighted by Crippen LogP contribution is 2.29. The van der Waals surface area contributed by atoms with E-state index in [4.69, 9.17) is 4.74 Å². The van der Waals surface area contributed by atoms with Gasteiger partial charge in [0.2, 0.25) is 0 Å². The molecular weight excluding hydrogens is 360 g/mol. The molecule has 0 aliphatic carbocycles. The molecule has 3 aromatic rings. The van der Waals surface area contributed by atoms with Crippen molar-refractivity contribution in [2.75, 3.05) is 6.61 Å². The molecule has 0 saturated carbocycles. The highest BCUT2D eigenvalue weighted by Gasteiger charge is 2.09. The fourth-order valence-corrected chi connectivity index (χ4v) is 3.35. The minimum Gasteiger partial charge on any atom is -0.462 e. The number of aliphatic hydroxyl groups excluding tert-OH is 1. The summed E-state index contributed by atoms with van der Waals surface area (Å²) in [6.45, 7) is 7.55. The molecule has 3 aromatic carbocycles. The Morgan fingerprint density at radius 1 is 0.931 bits per heavy atom. The first-order valence-electron chi connectivity index (χ1n) is 9.71. The van der Waals surface area contributed by atoms with Crippen molar-refractivity contribution in [2.45, 2.75) is 26.9 Å². The van der Waals surface area contributed by atoms with Gasteiger partial charge in [-0.1, -0.05) is 73.3 Å². The van der Waals surface area contributed by atoms with Gasteiger partial charge in [0.05, 0.1) is 13.2 Å². The maximum absolute atomic E-state index is 11.6. The highest BCUT2D eigenvalue weighted by atomic mass is 16.5. The largest absolute Gasteiger partial charge is 0.462 e. The molecule has 0 bridgehead atoms. The van der Waals surface area contributed by atoms with Gasteiger partial charge in [-0.15, -0.1) is 0 Å². The quantitative estimate of drug-likeness (QED) is 0.432. The molecule has 148 valence electrons. The van der Waals surface area contributed by atoms with Gasteiger partial charge in [0, 0.05) is 12.0 Å². The van der Waals surface area contributed by atoms with Crippen LogP contribution < -0.4 is 0 Å². The molecule has 0 fully saturated rings. The highest BCUT2D eigenvalue weighted by molar-refractivity contribution is 5.86. The minimum atomic E-state index is -0.390. The normalized spacial score (nSPS) is 10.6. The van der Waals surface area contributed by atoms with Gasteiger partial charge < -0.3 is 9.84 Å². The fraction of sp³-hybridized carbons (Fsp3) is 0.192. The molecule has 0 atom stereocenters. The van der Waals surface area contributed by atoms with Gasteiger partial charge >= 0.3 is 5.97 Å². The number of esters is 1. The fourth-order valence-electron chi connectivity index (χ4n) is 3.35. The van der Waals surface area contributed by atoms with Crippen molar-refractivity contribution in [1.82, 2.24) is 0 Å². The summed E-state index contributed by atoms with van der Waals surface area (Å²) in [4.78, 5) is 11.6. The first-order valence-corrected chi connectivity index (χ1v) is 9.71. The molecule has 0 saturated heterocycles. The summed E-state index contributed by atoms with van der Waals surface area (Å²) in [6, 6.07) is 22.8. The van der Waals surface area contributed by atoms with Crippen LogP contribution in [0.4, 0.5) is 0 Å². The summed E-state index contributed by atoms with van der Waals surface area (Å²) < 4.78 is 5.22. The van der Waals surface area contributed by atoms with Gasteiger partial charge in [-0.2, -0.15) is 0 Å². The van der Waals surface area contributed by atoms with Crippen molar-refractivity contribution in [2.24, 2.45) is 0 Å². The standard InChI is InChI=1S/C26H26O3/c1-18(2)26(28)29-14-13-23-16-22(9-10-24(23)17-27)21-11-12-25(19(3)15-21)20-7-5-4-6-8-20/h4-12,15-16,27H,1,13-14,17H2,2-3H3. The lowest BCUT2D eigenvalue weighted by Gasteiger charge is -2.13. The van der Waals surface area contributed by atoms with E-state index in [0.717, 1.165) is 22.3 Å². The van der Waals surface area contributed by atoms with Crippen LogP contribution >= 0.6 is 0 Å². The van der Waals surface area contributed by atoms with E-state index in [-0.39, 0.29) is 19.2 Å². The van der Waals surface area contributed by atoms with E-state index in [9.17, 15) is 9.90 Å². The number of hydrogen-bond acceptors (Lipinski definition) is 3. The third-order valence-electron chi connectivity index (χ3n) is 4.97. The zero-order valence-electron chi connectivity index (χ0n) is 16.9. The van der Waals surface area contributed by atoms with Gasteiger partial charge in [0.25, 0.3) is 0 Å². The van der Waals surface area contributed by atoms with Crippen LogP contribution in [-0.2, 0) is 22.6 Å². The van der Waals surface area contributed by atoms with E-state index in [2.05, 4.69) is 49.9 Å². The van der Waals surface area contributed by atoms with Gasteiger partial charge in [0.15, 0.2) is 0 Å². The number of rotatable bonds is 7. The number of carbonyl (C=O) groups excluding carboxylic acids is 1. The molecule has 0 radical (unpaired) electrons. The van der Waals surface area contributed by atoms with Gasteiger partial charge in [-0.3, -0.25) is 0 Å². The number of ether oxygens (including phenoxy) is 1. The van der Waals surface area contributed by atoms with Crippen LogP contribution in [0, 0.1) is 6.92 Å². The maximum atomic E-state index is 11.6. The Balaban J connectivity index is 1.84. The Bertz CT molecular complexity index is 1020. The SMILES string of the molecule is C=C(C)C(=O)OCCc1cc(-c2ccc(-c3ccccc3)c(C)c2)ccc1CO. The van der Waals surface area contributed by atoms with Crippen LogP contribution in [0.25, 0.3) is 22.3 Å². The van der Waals surface area contributed by atoms with Crippen molar-refractivity contribution in [1.29, 1.82) is 0 Å². The minimum absolute atomic E-state index is 0.0456. The van der Waals surface area contributed by atoms with Crippen LogP contribution in [-0.4, -0.2) is 17.7 Å². The van der Waals surface area contributed by atoms with Crippen LogP contribution in [0.5, 0.6) is 0 Å². The summed E-state index contributed by atoms with van der Waals surface area (Å²) >= 11 is 0. The zero-order chi connectivity index (χ0) is 20.8. The Labute approximate surface area is 172 Å². The zero-order valence-corrected chi connectivity index (χ0v) is 16.9. The predicted octanol–water partition coefficient (Wildman–Crippen LogP) is 5.48. The summed E-state index contributed by atoms with van der Waals surface area (Å²) in [5.41, 5.74) is 8.02. The Morgan fingerprint density at radius 2 is 1.62 bits per heavy atom. The molecule has 3 nitrogen and oxygen atoms in total. The molecule has 0 heterocycles. The first kappa shape index (κ1) is 20.6. The number of hydrogen-bond donors (Lipinski definition) is 1. The first-order chi connectivity index (χ1) is 14.0. The molecule has 0 spiro atoms. The van der Waals surface area contributed by atoms with E-state index >= 15 is 0 Å². The van der Waals surface area contributed by atoms with Crippen molar-refractivity contribution >= 4 is 5.97 Å². The topological polar surface area (TPSA) is 46.5 Å². The monoisotopic (exact) mass is 386 g/mol. The van der Waals surface area contributed by atoms with E-state index < -0.39 is 0 Å². The number of aryl methyl sites for hydroxylation is 1. The second-order valence-corrected chi connectivity index (χ2v) is 7.20. The molecule has 0 aliphatic heterocycles. The third kappa shape index (κ3) is 5.01. The van der Waals surface area contributed by atoms with Crippen LogP contribution in [0.15, 0.2) is 78.9 Å². The van der Waals surface area contributed by atoms with Gasteiger partial charge in [-0.05, 0) is 52.8 Å². The number of carbonyl (C=O) groups is 1. The van der Waals surface area contributed by atoms with Crippen LogP contribution in [0.2, 0.25) is 0 Å². The molecule has 29 heavy (non-hydrogen) atoms. The molecule has 0 aromatic heterocycles. The Hall–Kier alpha value is -3.17. The second kappa shape index (κ2) is 9.35. The van der Waals surface area contributed by atoms with Crippen molar-refractivity contribution in [3.8, 4) is 22.3 Å². The van der Waals surface area contributed by atoms with Gasteiger partial charge in [0.1, 0.15) is 0 Å². The second-order valence-electron chi connectivity index (χ2n) is 7.20. The van der Waals surface area contributed by atoms with Crippen molar-refractivity contribution in [3.05, 3.63) is 95.6 Å². The van der Waals surface area contributed by atoms with E-state index in [1.54, 1.807) is 6.92 Å². The molecular formula is C26H26O3. The third-order valence-corrected chi connectivity index (χ3v) is 4.97. The summed E-state index contributed by atoms with van der Waals surface area (Å²) in [5.74, 6) is -0.390. The average molecular weight is 386 g/mol. The Kier molecular flexibility index (Phi) is 6.63. The van der Waals surface area contributed by atoms with Gasteiger partial charge in [-0.25, -0.2) is 4.79 Å². The molecule has 3 rings (SSSR count). The summed E-state index contributed by atoms with van der Waals surface area (Å²) in [6.07, 6.45) is 0.545. The van der Waals surface area contributed by atoms with Crippen LogP contribution in [0.1, 0.15) is 23.6 Å². The lowest BCUT2D eigenvalue weighted by atomic mass is 9.93. The molecule has 0 amide bonds. The smallest absolute Gasteiger partial charge is 0.333 e. The summed E-state index contributed by atoms with van der Waals surface area (Å²) in [5, 5.41) is 9.66. The maximum Gasteiger partial charge on any atom is 0.333 e. The average Bonchev–Trinajstić information content (AvgIpc) is 2.74. The molecule has 3 heteroatoms. The Morgan fingerprint density at radius 3 is 2.28 bits per heavy atom. The van der Waals surface area contributed by atoms with Crippen molar-refractivity contribution < 1.29 is 14.6 Å². The van der Waals surface area contributed by atoms with Crippen molar-refractivity contribution in [3.63, 3.8) is 0 Å². The lowest BCUT2D eigenvalue weighted by molar-refractivity contribution is -0.138. The number of aliphatic hydroxyl groups is 1. The molecule has 0 unspecified atom stereocenters. The van der Waals surface area contributed by atoms with E-state index in [1.165, 1.54) is 16.7 Å². The molecule has 1 N–H and O–H groups in total.